The summed E-state index contributed by atoms with van der Waals surface area (Å²) < 4.78 is 44.1. The Hall–Kier alpha value is -4.21. The first-order valence-corrected chi connectivity index (χ1v) is 12.9. The van der Waals surface area contributed by atoms with E-state index >= 15 is 0 Å². The number of anilines is 2. The van der Waals surface area contributed by atoms with Crippen molar-refractivity contribution in [1.29, 1.82) is 0 Å². The number of hydrogen-bond acceptors (Lipinski definition) is 6. The third-order valence-corrected chi connectivity index (χ3v) is 6.72. The van der Waals surface area contributed by atoms with Crippen LogP contribution in [0.5, 0.6) is 23.0 Å². The number of carbonyl (C=O) groups is 1. The molecule has 0 aliphatic heterocycles. The Balaban J connectivity index is 1.28. The lowest BCUT2D eigenvalue weighted by Gasteiger charge is -2.11. The van der Waals surface area contributed by atoms with Crippen molar-refractivity contribution >= 4 is 38.9 Å². The summed E-state index contributed by atoms with van der Waals surface area (Å²) in [6, 6.07) is 26.6. The Kier molecular flexibility index (Phi) is 8.17. The van der Waals surface area contributed by atoms with Crippen molar-refractivity contribution in [1.82, 2.24) is 0 Å². The van der Waals surface area contributed by atoms with E-state index in [9.17, 15) is 13.2 Å². The predicted octanol–water partition coefficient (Wildman–Crippen LogP) is 5.96. The fourth-order valence-electron chi connectivity index (χ4n) is 3.24. The molecule has 0 heterocycles. The zero-order valence-electron chi connectivity index (χ0n) is 19.7. The van der Waals surface area contributed by atoms with Gasteiger partial charge in [0, 0.05) is 5.69 Å². The second-order valence-corrected chi connectivity index (χ2v) is 9.79. The highest BCUT2D eigenvalue weighted by atomic mass is 35.5. The van der Waals surface area contributed by atoms with E-state index in [1.807, 2.05) is 30.3 Å². The van der Waals surface area contributed by atoms with Gasteiger partial charge in [0.1, 0.15) is 23.0 Å². The van der Waals surface area contributed by atoms with E-state index in [0.29, 0.717) is 34.4 Å². The van der Waals surface area contributed by atoms with E-state index in [1.165, 1.54) is 37.4 Å². The van der Waals surface area contributed by atoms with Crippen LogP contribution in [0.25, 0.3) is 0 Å². The van der Waals surface area contributed by atoms with Gasteiger partial charge in [0.2, 0.25) is 0 Å². The third-order valence-electron chi connectivity index (χ3n) is 5.02. The molecule has 0 atom stereocenters. The molecule has 0 unspecified atom stereocenters. The molecule has 4 rings (SSSR count). The van der Waals surface area contributed by atoms with Crippen molar-refractivity contribution in [3.8, 4) is 23.0 Å². The van der Waals surface area contributed by atoms with Crippen LogP contribution in [0, 0.1) is 0 Å². The highest BCUT2D eigenvalue weighted by Crippen LogP contribution is 2.29. The number of para-hydroxylation sites is 1. The molecule has 0 bridgehead atoms. The molecule has 4 aromatic rings. The minimum absolute atomic E-state index is 0.0223. The van der Waals surface area contributed by atoms with Crippen molar-refractivity contribution in [3.63, 3.8) is 0 Å². The van der Waals surface area contributed by atoms with Crippen molar-refractivity contribution in [2.24, 2.45) is 0 Å². The molecule has 1 amide bonds. The molecule has 37 heavy (non-hydrogen) atoms. The first-order valence-electron chi connectivity index (χ1n) is 11.0. The summed E-state index contributed by atoms with van der Waals surface area (Å²) >= 11 is 6.06. The molecule has 10 heteroatoms. The number of carbonyl (C=O) groups excluding carboxylic acids is 1. The largest absolute Gasteiger partial charge is 0.495 e. The average Bonchev–Trinajstić information content (AvgIpc) is 2.89. The quantitative estimate of drug-likeness (QED) is 0.258. The van der Waals surface area contributed by atoms with Gasteiger partial charge >= 0.3 is 0 Å². The highest BCUT2D eigenvalue weighted by Gasteiger charge is 2.15. The number of halogens is 1. The van der Waals surface area contributed by atoms with E-state index < -0.39 is 10.0 Å². The van der Waals surface area contributed by atoms with Gasteiger partial charge < -0.3 is 19.5 Å². The lowest BCUT2D eigenvalue weighted by molar-refractivity contribution is -0.118. The first kappa shape index (κ1) is 25.9. The number of amides is 1. The molecule has 190 valence electrons. The van der Waals surface area contributed by atoms with Crippen molar-refractivity contribution in [3.05, 3.63) is 102 Å². The standard InChI is InChI=1S/C27H23ClN2O6S/c1-34-26-16-9-20(17-25(26)28)30-37(32,33)24-14-12-21(13-15-24)35-18-27(31)29-19-7-10-23(11-8-19)36-22-5-3-2-4-6-22/h2-17,30H,18H2,1H3,(H,29,31). The molecule has 0 saturated heterocycles. The summed E-state index contributed by atoms with van der Waals surface area (Å²) in [5, 5.41) is 3.01. The summed E-state index contributed by atoms with van der Waals surface area (Å²) in [7, 11) is -2.39. The summed E-state index contributed by atoms with van der Waals surface area (Å²) in [5.74, 6) is 1.76. The van der Waals surface area contributed by atoms with Crippen molar-refractivity contribution in [2.45, 2.75) is 4.90 Å². The number of benzene rings is 4. The van der Waals surface area contributed by atoms with Crippen LogP contribution < -0.4 is 24.2 Å². The van der Waals surface area contributed by atoms with Crippen molar-refractivity contribution < 1.29 is 27.4 Å². The number of hydrogen-bond donors (Lipinski definition) is 2. The normalized spacial score (nSPS) is 10.9. The molecule has 2 N–H and O–H groups in total. The summed E-state index contributed by atoms with van der Waals surface area (Å²) in [4.78, 5) is 12.3. The summed E-state index contributed by atoms with van der Waals surface area (Å²) in [5.41, 5.74) is 0.877. The van der Waals surface area contributed by atoms with Gasteiger partial charge in [-0.2, -0.15) is 0 Å². The smallest absolute Gasteiger partial charge is 0.262 e. The average molecular weight is 539 g/mol. The Morgan fingerprint density at radius 2 is 1.43 bits per heavy atom. The lowest BCUT2D eigenvalue weighted by atomic mass is 10.3. The zero-order chi connectivity index (χ0) is 26.3. The van der Waals surface area contributed by atoms with Gasteiger partial charge in [0.05, 0.1) is 22.7 Å². The second-order valence-electron chi connectivity index (χ2n) is 7.70. The predicted molar refractivity (Wildman–Crippen MR) is 142 cm³/mol. The van der Waals surface area contributed by atoms with Gasteiger partial charge in [0.25, 0.3) is 15.9 Å². The second kappa shape index (κ2) is 11.7. The van der Waals surface area contributed by atoms with Crippen LogP contribution in [-0.4, -0.2) is 28.0 Å². The molecule has 0 radical (unpaired) electrons. The summed E-state index contributed by atoms with van der Waals surface area (Å²) in [6.07, 6.45) is 0. The van der Waals surface area contributed by atoms with Gasteiger partial charge in [0.15, 0.2) is 6.61 Å². The molecule has 4 aromatic carbocycles. The first-order chi connectivity index (χ1) is 17.8. The molecular formula is C27H23ClN2O6S. The fraction of sp³-hybridized carbons (Fsp3) is 0.0741. The van der Waals surface area contributed by atoms with Crippen LogP contribution in [0.3, 0.4) is 0 Å². The SMILES string of the molecule is COc1ccc(NS(=O)(=O)c2ccc(OCC(=O)Nc3ccc(Oc4ccccc4)cc3)cc2)cc1Cl. The lowest BCUT2D eigenvalue weighted by Crippen LogP contribution is -2.20. The molecule has 0 aliphatic rings. The molecule has 0 fully saturated rings. The van der Waals surface area contributed by atoms with Crippen LogP contribution in [-0.2, 0) is 14.8 Å². The van der Waals surface area contributed by atoms with Crippen LogP contribution in [0.4, 0.5) is 11.4 Å². The maximum Gasteiger partial charge on any atom is 0.262 e. The van der Waals surface area contributed by atoms with Gasteiger partial charge in [-0.25, -0.2) is 8.42 Å². The highest BCUT2D eigenvalue weighted by molar-refractivity contribution is 7.92. The number of rotatable bonds is 10. The minimum Gasteiger partial charge on any atom is -0.495 e. The van der Waals surface area contributed by atoms with E-state index in [2.05, 4.69) is 10.0 Å². The Morgan fingerprint density at radius 1 is 0.811 bits per heavy atom. The topological polar surface area (TPSA) is 103 Å². The number of ether oxygens (including phenoxy) is 3. The maximum atomic E-state index is 12.7. The molecule has 8 nitrogen and oxygen atoms in total. The van der Waals surface area contributed by atoms with Gasteiger partial charge in [-0.05, 0) is 78.9 Å². The number of methoxy groups -OCH3 is 1. The molecule has 0 aromatic heterocycles. The van der Waals surface area contributed by atoms with Gasteiger partial charge in [-0.15, -0.1) is 0 Å². The zero-order valence-corrected chi connectivity index (χ0v) is 21.3. The maximum absolute atomic E-state index is 12.7. The number of sulfonamides is 1. The van der Waals surface area contributed by atoms with Crippen molar-refractivity contribution in [2.75, 3.05) is 23.8 Å². The fourth-order valence-corrected chi connectivity index (χ4v) is 4.54. The summed E-state index contributed by atoms with van der Waals surface area (Å²) in [6.45, 7) is -0.253. The van der Waals surface area contributed by atoms with E-state index in [-0.39, 0.29) is 22.4 Å². The molecular weight excluding hydrogens is 516 g/mol. The Morgan fingerprint density at radius 3 is 2.08 bits per heavy atom. The van der Waals surface area contributed by atoms with Gasteiger partial charge in [-0.1, -0.05) is 29.8 Å². The van der Waals surface area contributed by atoms with Crippen LogP contribution in [0.2, 0.25) is 5.02 Å². The number of nitrogens with one attached hydrogen (secondary N) is 2. The third kappa shape index (κ3) is 7.16. The van der Waals surface area contributed by atoms with Crippen LogP contribution in [0.15, 0.2) is 102 Å². The minimum atomic E-state index is -3.86. The van der Waals surface area contributed by atoms with E-state index in [1.54, 1.807) is 36.4 Å². The Bertz CT molecular complexity index is 1460. The molecule has 0 spiro atoms. The van der Waals surface area contributed by atoms with E-state index in [0.717, 1.165) is 0 Å². The van der Waals surface area contributed by atoms with E-state index in [4.69, 9.17) is 25.8 Å². The van der Waals surface area contributed by atoms with Crippen LogP contribution >= 0.6 is 11.6 Å². The van der Waals surface area contributed by atoms with Crippen LogP contribution in [0.1, 0.15) is 0 Å². The monoisotopic (exact) mass is 538 g/mol. The van der Waals surface area contributed by atoms with Gasteiger partial charge in [-0.3, -0.25) is 9.52 Å². The molecule has 0 saturated carbocycles. The molecule has 0 aliphatic carbocycles. The Labute approximate surface area is 219 Å².